The lowest BCUT2D eigenvalue weighted by Crippen LogP contribution is -2.44. The van der Waals surface area contributed by atoms with Crippen LogP contribution >= 0.6 is 11.6 Å². The van der Waals surface area contributed by atoms with E-state index in [1.807, 2.05) is 29.2 Å². The lowest BCUT2D eigenvalue weighted by molar-refractivity contribution is -0.193. The second kappa shape index (κ2) is 22.3. The van der Waals surface area contributed by atoms with Gasteiger partial charge >= 0.3 is 24.3 Å². The lowest BCUT2D eigenvalue weighted by atomic mass is 9.95. The van der Waals surface area contributed by atoms with Crippen LogP contribution in [0.5, 0.6) is 0 Å². The second-order valence-corrected chi connectivity index (χ2v) is 12.0. The summed E-state index contributed by atoms with van der Waals surface area (Å²) in [5.41, 5.74) is 13.2. The molecule has 0 aliphatic carbocycles. The maximum absolute atomic E-state index is 13.6. The van der Waals surface area contributed by atoms with Crippen LogP contribution in [0.3, 0.4) is 0 Å². The van der Waals surface area contributed by atoms with Gasteiger partial charge in [-0.25, -0.2) is 9.59 Å². The number of halogens is 7. The molecule has 0 unspecified atom stereocenters. The van der Waals surface area contributed by atoms with E-state index in [2.05, 4.69) is 31.2 Å². The van der Waals surface area contributed by atoms with Gasteiger partial charge in [-0.05, 0) is 42.1 Å². The fraction of sp³-hybridized carbons (Fsp3) is 0.514. The molecular formula is C35H46ClF6N3O5. The number of amides is 1. The summed E-state index contributed by atoms with van der Waals surface area (Å²) in [5.74, 6) is -5.47. The Hall–Kier alpha value is -3.62. The van der Waals surface area contributed by atoms with Crippen molar-refractivity contribution in [3.63, 3.8) is 0 Å². The molecule has 50 heavy (non-hydrogen) atoms. The summed E-state index contributed by atoms with van der Waals surface area (Å²) in [6.45, 7) is 4.15. The molecule has 3 rings (SSSR count). The number of hydrogen-bond acceptors (Lipinski definition) is 5. The van der Waals surface area contributed by atoms with Crippen LogP contribution in [0.2, 0.25) is 5.02 Å². The molecule has 0 fully saturated rings. The van der Waals surface area contributed by atoms with Crippen LogP contribution in [0, 0.1) is 0 Å². The van der Waals surface area contributed by atoms with E-state index < -0.39 is 30.3 Å². The van der Waals surface area contributed by atoms with Crippen molar-refractivity contribution in [1.82, 2.24) is 4.90 Å². The summed E-state index contributed by atoms with van der Waals surface area (Å²) in [7, 11) is 0. The summed E-state index contributed by atoms with van der Waals surface area (Å²) in [6, 6.07) is 16.0. The first-order chi connectivity index (χ1) is 23.5. The highest BCUT2D eigenvalue weighted by Crippen LogP contribution is 2.37. The van der Waals surface area contributed by atoms with Crippen molar-refractivity contribution in [2.75, 3.05) is 13.1 Å². The van der Waals surface area contributed by atoms with E-state index in [0.29, 0.717) is 19.5 Å². The second-order valence-electron chi connectivity index (χ2n) is 11.6. The molecule has 0 aliphatic heterocycles. The largest absolute Gasteiger partial charge is 0.490 e. The molecule has 8 nitrogen and oxygen atoms in total. The highest BCUT2D eigenvalue weighted by Gasteiger charge is 2.38. The predicted molar refractivity (Wildman–Crippen MR) is 183 cm³/mol. The van der Waals surface area contributed by atoms with Crippen molar-refractivity contribution in [2.24, 2.45) is 11.5 Å². The van der Waals surface area contributed by atoms with Gasteiger partial charge in [0.05, 0.1) is 11.1 Å². The summed E-state index contributed by atoms with van der Waals surface area (Å²) in [6.07, 6.45) is 2.16. The van der Waals surface area contributed by atoms with Gasteiger partial charge in [0.15, 0.2) is 0 Å². The number of carbonyl (C=O) groups is 3. The van der Waals surface area contributed by atoms with Crippen LogP contribution in [0.1, 0.15) is 83.1 Å². The van der Waals surface area contributed by atoms with Crippen LogP contribution < -0.4 is 11.5 Å². The number of hydrogen-bond donors (Lipinski definition) is 4. The lowest BCUT2D eigenvalue weighted by Gasteiger charge is -2.27. The number of carboxylic acids is 2. The first kappa shape index (κ1) is 44.4. The van der Waals surface area contributed by atoms with E-state index in [9.17, 15) is 31.1 Å². The third-order valence-electron chi connectivity index (χ3n) is 7.69. The Morgan fingerprint density at radius 3 is 1.52 bits per heavy atom. The van der Waals surface area contributed by atoms with Gasteiger partial charge in [-0.3, -0.25) is 4.79 Å². The summed E-state index contributed by atoms with van der Waals surface area (Å²) in [5, 5.41) is 19.3. The first-order valence-corrected chi connectivity index (χ1v) is 16.8. The van der Waals surface area contributed by atoms with Crippen molar-refractivity contribution in [2.45, 2.75) is 102 Å². The van der Waals surface area contributed by atoms with Crippen molar-refractivity contribution < 1.29 is 50.9 Å². The van der Waals surface area contributed by atoms with E-state index in [-0.39, 0.29) is 5.91 Å². The molecule has 1 atom stereocenters. The molecule has 0 aliphatic rings. The van der Waals surface area contributed by atoms with Crippen LogP contribution in [0.4, 0.5) is 26.3 Å². The van der Waals surface area contributed by atoms with E-state index in [1.54, 1.807) is 0 Å². The minimum Gasteiger partial charge on any atom is -0.475 e. The molecular weight excluding hydrogens is 692 g/mol. The average Bonchev–Trinajstić information content (AvgIpc) is 3.06. The zero-order chi connectivity index (χ0) is 37.9. The van der Waals surface area contributed by atoms with Crippen LogP contribution in [-0.2, 0) is 20.9 Å². The Bertz CT molecular complexity index is 1420. The molecule has 0 radical (unpaired) electrons. The first-order valence-electron chi connectivity index (χ1n) is 16.4. The number of fused-ring (bicyclic) bond motifs is 2. The fourth-order valence-electron chi connectivity index (χ4n) is 5.10. The standard InChI is InChI=1S/C31H44ClN3O.2C2HF3O2/c1-2-3-4-5-6-7-8-15-22-35(31(36)29(34)20-13-14-21-33)23-28-24-16-9-11-18-26(24)30(32)27-19-12-10-17-25(27)28;2*3-2(4,5)1(6)7/h9-12,16-19,29H,2-8,13-15,20-23,33-34H2,1H3;2*(H,6,7)/t29-;;/m0../s1. The minimum atomic E-state index is -5.08. The summed E-state index contributed by atoms with van der Waals surface area (Å²) >= 11 is 6.82. The Balaban J connectivity index is 0.000000748. The van der Waals surface area contributed by atoms with E-state index in [4.69, 9.17) is 42.9 Å². The zero-order valence-corrected chi connectivity index (χ0v) is 28.7. The zero-order valence-electron chi connectivity index (χ0n) is 28.0. The van der Waals surface area contributed by atoms with Crippen LogP contribution in [0.25, 0.3) is 21.5 Å². The maximum atomic E-state index is 13.6. The number of carboxylic acid groups (broad SMARTS) is 2. The van der Waals surface area contributed by atoms with Gasteiger partial charge in [0, 0.05) is 23.9 Å². The number of benzene rings is 3. The average molecular weight is 738 g/mol. The maximum Gasteiger partial charge on any atom is 0.490 e. The molecule has 3 aromatic carbocycles. The number of carbonyl (C=O) groups excluding carboxylic acids is 1. The molecule has 0 saturated carbocycles. The molecule has 0 bridgehead atoms. The third-order valence-corrected chi connectivity index (χ3v) is 8.10. The molecule has 6 N–H and O–H groups in total. The van der Waals surface area contributed by atoms with Gasteiger partial charge in [-0.15, -0.1) is 0 Å². The van der Waals surface area contributed by atoms with Crippen LogP contribution in [-0.4, -0.2) is 64.4 Å². The summed E-state index contributed by atoms with van der Waals surface area (Å²) in [4.78, 5) is 33.3. The SMILES string of the molecule is CCCCCCCCCCN(Cc1c2ccccc2c(Cl)c2ccccc12)C(=O)[C@@H](N)CCCCN.O=C(O)C(F)(F)F.O=C(O)C(F)(F)F. The predicted octanol–water partition coefficient (Wildman–Crippen LogP) is 8.84. The van der Waals surface area contributed by atoms with E-state index >= 15 is 0 Å². The highest BCUT2D eigenvalue weighted by atomic mass is 35.5. The van der Waals surface area contributed by atoms with E-state index in [0.717, 1.165) is 64.4 Å². The third kappa shape index (κ3) is 15.5. The quantitative estimate of drug-likeness (QED) is 0.0653. The molecule has 0 saturated heterocycles. The van der Waals surface area contributed by atoms with E-state index in [1.165, 1.54) is 38.5 Å². The molecule has 280 valence electrons. The number of nitrogens with zero attached hydrogens (tertiary/aromatic N) is 1. The van der Waals surface area contributed by atoms with Crippen molar-refractivity contribution in [3.8, 4) is 0 Å². The number of nitrogens with two attached hydrogens (primary N) is 2. The Morgan fingerprint density at radius 1 is 0.720 bits per heavy atom. The van der Waals surface area contributed by atoms with Gasteiger partial charge in [0.25, 0.3) is 0 Å². The normalized spacial score (nSPS) is 12.0. The number of alkyl halides is 6. The van der Waals surface area contributed by atoms with Gasteiger partial charge in [0.2, 0.25) is 5.91 Å². The molecule has 0 heterocycles. The molecule has 1 amide bonds. The van der Waals surface area contributed by atoms with Gasteiger partial charge in [-0.1, -0.05) is 118 Å². The highest BCUT2D eigenvalue weighted by molar-refractivity contribution is 6.41. The fourth-order valence-corrected chi connectivity index (χ4v) is 5.43. The Kier molecular flexibility index (Phi) is 19.8. The topological polar surface area (TPSA) is 147 Å². The Labute approximate surface area is 292 Å². The van der Waals surface area contributed by atoms with Gasteiger partial charge in [-0.2, -0.15) is 26.3 Å². The smallest absolute Gasteiger partial charge is 0.475 e. The number of aliphatic carboxylic acids is 2. The molecule has 3 aromatic rings. The van der Waals surface area contributed by atoms with Crippen molar-refractivity contribution in [1.29, 1.82) is 0 Å². The molecule has 0 spiro atoms. The van der Waals surface area contributed by atoms with Crippen molar-refractivity contribution >= 4 is 51.0 Å². The molecule has 0 aromatic heterocycles. The molecule has 15 heteroatoms. The monoisotopic (exact) mass is 737 g/mol. The number of unbranched alkanes of at least 4 members (excludes halogenated alkanes) is 8. The van der Waals surface area contributed by atoms with Gasteiger partial charge < -0.3 is 26.6 Å². The Morgan fingerprint density at radius 2 is 1.12 bits per heavy atom. The summed E-state index contributed by atoms with van der Waals surface area (Å²) < 4.78 is 63.5. The van der Waals surface area contributed by atoms with Crippen LogP contribution in [0.15, 0.2) is 48.5 Å². The van der Waals surface area contributed by atoms with Gasteiger partial charge in [0.1, 0.15) is 0 Å². The minimum absolute atomic E-state index is 0.0399. The number of rotatable bonds is 16. The van der Waals surface area contributed by atoms with Crippen molar-refractivity contribution in [3.05, 3.63) is 59.1 Å².